The van der Waals surface area contributed by atoms with Gasteiger partial charge in [-0.2, -0.15) is 26.3 Å². The summed E-state index contributed by atoms with van der Waals surface area (Å²) in [5.74, 6) is -0.761. The van der Waals surface area contributed by atoms with Crippen LogP contribution in [0.2, 0.25) is 0 Å². The number of alkyl halides is 6. The van der Waals surface area contributed by atoms with Crippen molar-refractivity contribution in [1.82, 2.24) is 4.98 Å². The lowest BCUT2D eigenvalue weighted by molar-refractivity contribution is -0.143. The number of aryl methyl sites for hydroxylation is 1. The Balaban J connectivity index is 1.97. The van der Waals surface area contributed by atoms with Crippen LogP contribution >= 0.6 is 0 Å². The second-order valence-electron chi connectivity index (χ2n) is 5.66. The van der Waals surface area contributed by atoms with Crippen molar-refractivity contribution in [2.75, 3.05) is 5.32 Å². The maximum Gasteiger partial charge on any atom is 0.416 e. The van der Waals surface area contributed by atoms with E-state index in [1.54, 1.807) is 6.92 Å². The topological polar surface area (TPSA) is 55.1 Å². The molecule has 0 atom stereocenters. The van der Waals surface area contributed by atoms with Gasteiger partial charge in [-0.25, -0.2) is 4.98 Å². The van der Waals surface area contributed by atoms with Gasteiger partial charge in [0.15, 0.2) is 11.5 Å². The van der Waals surface area contributed by atoms with Crippen LogP contribution in [0.5, 0.6) is 0 Å². The highest BCUT2D eigenvalue weighted by Gasteiger charge is 2.37. The van der Waals surface area contributed by atoms with Crippen molar-refractivity contribution in [2.45, 2.75) is 19.3 Å². The van der Waals surface area contributed by atoms with E-state index in [9.17, 15) is 31.1 Å². The molecule has 1 N–H and O–H groups in total. The van der Waals surface area contributed by atoms with Gasteiger partial charge in [-0.15, -0.1) is 0 Å². The predicted molar refractivity (Wildman–Crippen MR) is 83.1 cm³/mol. The molecule has 0 unspecified atom stereocenters. The summed E-state index contributed by atoms with van der Waals surface area (Å²) in [6.45, 7) is 1.60. The summed E-state index contributed by atoms with van der Waals surface area (Å²) < 4.78 is 82.6. The van der Waals surface area contributed by atoms with Crippen LogP contribution in [0.25, 0.3) is 11.1 Å². The number of oxazole rings is 1. The Hall–Kier alpha value is -3.04. The van der Waals surface area contributed by atoms with E-state index < -0.39 is 35.0 Å². The van der Waals surface area contributed by atoms with Crippen LogP contribution in [0.15, 0.2) is 40.8 Å². The van der Waals surface area contributed by atoms with Crippen molar-refractivity contribution in [2.24, 2.45) is 0 Å². The molecule has 1 amide bonds. The molecular weight excluding hydrogens is 378 g/mol. The average Bonchev–Trinajstić information content (AvgIpc) is 2.92. The molecule has 1 aromatic heterocycles. The summed E-state index contributed by atoms with van der Waals surface area (Å²) in [5.41, 5.74) is -2.97. The summed E-state index contributed by atoms with van der Waals surface area (Å²) in [5, 5.41) is 2.26. The zero-order valence-corrected chi connectivity index (χ0v) is 13.5. The molecule has 0 aliphatic rings. The Labute approximate surface area is 147 Å². The maximum absolute atomic E-state index is 12.9. The van der Waals surface area contributed by atoms with Crippen molar-refractivity contribution in [1.29, 1.82) is 0 Å². The molecule has 0 aliphatic carbocycles. The number of carbonyl (C=O) groups is 1. The lowest BCUT2D eigenvalue weighted by atomic mass is 10.0. The molecule has 0 saturated heterocycles. The van der Waals surface area contributed by atoms with Gasteiger partial charge in [-0.1, -0.05) is 0 Å². The zero-order valence-electron chi connectivity index (χ0n) is 13.5. The van der Waals surface area contributed by atoms with E-state index in [2.05, 4.69) is 10.3 Å². The monoisotopic (exact) mass is 388 g/mol. The van der Waals surface area contributed by atoms with Gasteiger partial charge < -0.3 is 9.73 Å². The third-order valence-electron chi connectivity index (χ3n) is 3.60. The molecule has 0 bridgehead atoms. The van der Waals surface area contributed by atoms with Crippen LogP contribution in [0.4, 0.5) is 32.0 Å². The van der Waals surface area contributed by atoms with Crippen LogP contribution in [-0.4, -0.2) is 10.9 Å². The standard InChI is InChI=1S/C17H10F6N2O2/c1-8-24-13-3-2-12(7-14(13)27-8)25-15(26)9-4-10(16(18,19)20)6-11(5-9)17(21,22)23/h2-7H,1H3,(H,25,26). The molecule has 0 radical (unpaired) electrons. The highest BCUT2D eigenvalue weighted by Crippen LogP contribution is 2.36. The average molecular weight is 388 g/mol. The van der Waals surface area contributed by atoms with Crippen molar-refractivity contribution >= 4 is 22.7 Å². The number of benzene rings is 2. The van der Waals surface area contributed by atoms with E-state index in [1.807, 2.05) is 0 Å². The van der Waals surface area contributed by atoms with Crippen molar-refractivity contribution < 1.29 is 35.6 Å². The minimum absolute atomic E-state index is 0.0415. The third-order valence-corrected chi connectivity index (χ3v) is 3.60. The van der Waals surface area contributed by atoms with Crippen LogP contribution in [-0.2, 0) is 12.4 Å². The van der Waals surface area contributed by atoms with Gasteiger partial charge in [0.05, 0.1) is 11.1 Å². The molecule has 2 aromatic carbocycles. The largest absolute Gasteiger partial charge is 0.441 e. The minimum atomic E-state index is -5.04. The van der Waals surface area contributed by atoms with Gasteiger partial charge in [-0.05, 0) is 30.3 Å². The van der Waals surface area contributed by atoms with Crippen LogP contribution in [0, 0.1) is 6.92 Å². The number of halogens is 6. The molecule has 0 fully saturated rings. The number of hydrogen-bond acceptors (Lipinski definition) is 3. The van der Waals surface area contributed by atoms with Crippen LogP contribution in [0.3, 0.4) is 0 Å². The molecule has 27 heavy (non-hydrogen) atoms. The van der Waals surface area contributed by atoms with Crippen LogP contribution in [0.1, 0.15) is 27.4 Å². The van der Waals surface area contributed by atoms with Gasteiger partial charge in [0, 0.05) is 24.2 Å². The first-order chi connectivity index (χ1) is 12.4. The molecule has 0 saturated carbocycles. The van der Waals surface area contributed by atoms with Gasteiger partial charge in [0.1, 0.15) is 5.52 Å². The Bertz CT molecular complexity index is 988. The summed E-state index contributed by atoms with van der Waals surface area (Å²) in [7, 11) is 0. The van der Waals surface area contributed by atoms with E-state index in [0.717, 1.165) is 0 Å². The first kappa shape index (κ1) is 18.7. The summed E-state index contributed by atoms with van der Waals surface area (Å²) in [6.07, 6.45) is -10.1. The van der Waals surface area contributed by atoms with Gasteiger partial charge in [0.25, 0.3) is 5.91 Å². The maximum atomic E-state index is 12.9. The molecule has 1 heterocycles. The fourth-order valence-corrected chi connectivity index (χ4v) is 2.41. The molecule has 142 valence electrons. The molecule has 3 aromatic rings. The van der Waals surface area contributed by atoms with E-state index >= 15 is 0 Å². The molecule has 3 rings (SSSR count). The third kappa shape index (κ3) is 4.04. The molecule has 4 nitrogen and oxygen atoms in total. The zero-order chi connectivity index (χ0) is 20.0. The van der Waals surface area contributed by atoms with E-state index in [0.29, 0.717) is 29.1 Å². The number of nitrogens with one attached hydrogen (secondary N) is 1. The first-order valence-corrected chi connectivity index (χ1v) is 7.41. The fraction of sp³-hybridized carbons (Fsp3) is 0.176. The Morgan fingerprint density at radius 2 is 1.56 bits per heavy atom. The minimum Gasteiger partial charge on any atom is -0.441 e. The normalized spacial score (nSPS) is 12.4. The van der Waals surface area contributed by atoms with E-state index in [4.69, 9.17) is 4.42 Å². The van der Waals surface area contributed by atoms with Gasteiger partial charge >= 0.3 is 12.4 Å². The lowest BCUT2D eigenvalue weighted by Crippen LogP contribution is -2.17. The van der Waals surface area contributed by atoms with Crippen molar-refractivity contribution in [3.05, 3.63) is 59.0 Å². The van der Waals surface area contributed by atoms with Crippen molar-refractivity contribution in [3.8, 4) is 0 Å². The quantitative estimate of drug-likeness (QED) is 0.596. The number of rotatable bonds is 2. The number of carbonyl (C=O) groups excluding carboxylic acids is 1. The van der Waals surface area contributed by atoms with Crippen molar-refractivity contribution in [3.63, 3.8) is 0 Å². The second-order valence-corrected chi connectivity index (χ2v) is 5.66. The Kier molecular flexibility index (Phi) is 4.37. The molecule has 10 heteroatoms. The SMILES string of the molecule is Cc1nc2ccc(NC(=O)c3cc(C(F)(F)F)cc(C(F)(F)F)c3)cc2o1. The summed E-state index contributed by atoms with van der Waals surface area (Å²) in [6, 6.07) is 4.95. The fourth-order valence-electron chi connectivity index (χ4n) is 2.41. The Morgan fingerprint density at radius 1 is 0.963 bits per heavy atom. The molecule has 0 aliphatic heterocycles. The number of nitrogens with zero attached hydrogens (tertiary/aromatic N) is 1. The number of hydrogen-bond donors (Lipinski definition) is 1. The highest BCUT2D eigenvalue weighted by molar-refractivity contribution is 6.05. The van der Waals surface area contributed by atoms with Crippen LogP contribution < -0.4 is 5.32 Å². The summed E-state index contributed by atoms with van der Waals surface area (Å²) >= 11 is 0. The molecular formula is C17H10F6N2O2. The second kappa shape index (κ2) is 6.29. The lowest BCUT2D eigenvalue weighted by Gasteiger charge is -2.14. The smallest absolute Gasteiger partial charge is 0.416 e. The van der Waals surface area contributed by atoms with E-state index in [1.165, 1.54) is 18.2 Å². The number of anilines is 1. The molecule has 0 spiro atoms. The van der Waals surface area contributed by atoms with Gasteiger partial charge in [-0.3, -0.25) is 4.79 Å². The first-order valence-electron chi connectivity index (χ1n) is 7.41. The Morgan fingerprint density at radius 3 is 2.11 bits per heavy atom. The van der Waals surface area contributed by atoms with E-state index in [-0.39, 0.29) is 11.8 Å². The number of amides is 1. The highest BCUT2D eigenvalue weighted by atomic mass is 19.4. The number of fused-ring (bicyclic) bond motifs is 1. The summed E-state index contributed by atoms with van der Waals surface area (Å²) in [4.78, 5) is 16.3. The number of aromatic nitrogens is 1. The predicted octanol–water partition coefficient (Wildman–Crippen LogP) is 5.43. The van der Waals surface area contributed by atoms with Gasteiger partial charge in [0.2, 0.25) is 0 Å².